The molecule has 0 aliphatic rings. The maximum atomic E-state index is 12.7. The number of nitrogens with zero attached hydrogens (tertiary/aromatic N) is 1. The van der Waals surface area contributed by atoms with E-state index in [0.29, 0.717) is 17.4 Å². The Hall–Kier alpha value is -2.29. The summed E-state index contributed by atoms with van der Waals surface area (Å²) < 4.78 is 34.0. The fourth-order valence-electron chi connectivity index (χ4n) is 8.68. The van der Waals surface area contributed by atoms with E-state index in [0.717, 1.165) is 44.9 Å². The third kappa shape index (κ3) is 58.8. The molecule has 0 bridgehead atoms. The van der Waals surface area contributed by atoms with E-state index in [9.17, 15) is 19.0 Å². The minimum atomic E-state index is -4.66. The molecule has 0 radical (unpaired) electrons. The molecule has 73 heavy (non-hydrogen) atoms. The number of hydrogen-bond acceptors (Lipinski definition) is 8. The maximum absolute atomic E-state index is 12.7. The van der Waals surface area contributed by atoms with Crippen molar-refractivity contribution >= 4 is 19.8 Å². The minimum absolute atomic E-state index is 0.00721. The molecule has 0 aliphatic heterocycles. The first kappa shape index (κ1) is 70.7. The molecule has 0 spiro atoms. The van der Waals surface area contributed by atoms with Gasteiger partial charge >= 0.3 is 11.9 Å². The lowest BCUT2D eigenvalue weighted by Crippen LogP contribution is -2.37. The number of phosphoric acid groups is 1. The highest BCUT2D eigenvalue weighted by Gasteiger charge is 2.21. The summed E-state index contributed by atoms with van der Waals surface area (Å²) in [7, 11) is 1.11. The van der Waals surface area contributed by atoms with Crippen molar-refractivity contribution in [3.8, 4) is 0 Å². The first-order valence-electron chi connectivity index (χ1n) is 30.5. The summed E-state index contributed by atoms with van der Waals surface area (Å²) in [6.45, 7) is 4.04. The van der Waals surface area contributed by atoms with E-state index in [1.165, 1.54) is 199 Å². The van der Waals surface area contributed by atoms with Crippen LogP contribution in [0.15, 0.2) is 60.8 Å². The van der Waals surface area contributed by atoms with Crippen molar-refractivity contribution in [1.29, 1.82) is 0 Å². The van der Waals surface area contributed by atoms with E-state index >= 15 is 0 Å². The first-order valence-corrected chi connectivity index (χ1v) is 32.0. The van der Waals surface area contributed by atoms with Crippen LogP contribution in [0.2, 0.25) is 0 Å². The molecule has 0 amide bonds. The number of carbonyl (C=O) groups excluding carboxylic acids is 2. The second-order valence-corrected chi connectivity index (χ2v) is 23.1. The molecule has 0 N–H and O–H groups in total. The maximum Gasteiger partial charge on any atom is 0.310 e. The standard InChI is InChI=1S/C63H116NO8P/c1-6-8-10-12-14-16-18-20-22-23-24-25-26-27-28-29-30-31-32-33-34-35-36-37-38-39-40-42-43-45-47-49-51-53-55-62(65)69-59-61(60-71-73(67,68)70-58-57-64(3,4)5)72-63(66)56-54-52-50-48-46-44-41-21-19-17-15-13-11-9-7-2/h9,11,15,17,21,41,46,48,52,54,61H,6-8,10,12-14,16,18-20,22-40,42-45,47,49-51,53,55-60H2,1-5H3/b11-9-,17-15-,41-21-,48-46-,54-52-. The number of quaternary nitrogens is 1. The van der Waals surface area contributed by atoms with Crippen LogP contribution in [-0.4, -0.2) is 70.0 Å². The Bertz CT molecular complexity index is 1420. The van der Waals surface area contributed by atoms with Crippen molar-refractivity contribution in [2.45, 2.75) is 283 Å². The van der Waals surface area contributed by atoms with Gasteiger partial charge in [-0.3, -0.25) is 14.2 Å². The average Bonchev–Trinajstić information content (AvgIpc) is 3.35. The third-order valence-electron chi connectivity index (χ3n) is 13.3. The lowest BCUT2D eigenvalue weighted by Gasteiger charge is -2.28. The Morgan fingerprint density at radius 2 is 0.767 bits per heavy atom. The molecular formula is C63H116NO8P. The lowest BCUT2D eigenvalue weighted by molar-refractivity contribution is -0.870. The monoisotopic (exact) mass is 1050 g/mol. The van der Waals surface area contributed by atoms with Gasteiger partial charge in [-0.25, -0.2) is 0 Å². The van der Waals surface area contributed by atoms with E-state index < -0.39 is 32.5 Å². The van der Waals surface area contributed by atoms with Gasteiger partial charge in [0.05, 0.1) is 34.2 Å². The summed E-state index contributed by atoms with van der Waals surface area (Å²) in [6.07, 6.45) is 70.6. The molecule has 9 nitrogen and oxygen atoms in total. The van der Waals surface area contributed by atoms with Crippen LogP contribution in [0.3, 0.4) is 0 Å². The van der Waals surface area contributed by atoms with Crippen molar-refractivity contribution in [3.05, 3.63) is 60.8 Å². The van der Waals surface area contributed by atoms with Gasteiger partial charge in [0.25, 0.3) is 7.82 Å². The Balaban J connectivity index is 3.99. The smallest absolute Gasteiger partial charge is 0.310 e. The molecular weight excluding hydrogens is 930 g/mol. The second kappa shape index (κ2) is 54.5. The van der Waals surface area contributed by atoms with Gasteiger partial charge in [0.15, 0.2) is 6.10 Å². The fourth-order valence-corrected chi connectivity index (χ4v) is 9.40. The zero-order chi connectivity index (χ0) is 53.5. The Morgan fingerprint density at radius 1 is 0.438 bits per heavy atom. The number of rotatable bonds is 56. The summed E-state index contributed by atoms with van der Waals surface area (Å²) in [4.78, 5) is 37.7. The number of esters is 2. The fraction of sp³-hybridized carbons (Fsp3) is 0.810. The predicted octanol–water partition coefficient (Wildman–Crippen LogP) is 18.5. The van der Waals surface area contributed by atoms with Crippen LogP contribution in [0.5, 0.6) is 0 Å². The number of unbranched alkanes of at least 4 members (excludes halogenated alkanes) is 33. The van der Waals surface area contributed by atoms with E-state index in [4.69, 9.17) is 18.5 Å². The van der Waals surface area contributed by atoms with E-state index in [2.05, 4.69) is 56.4 Å². The van der Waals surface area contributed by atoms with Gasteiger partial charge in [0.1, 0.15) is 19.8 Å². The summed E-state index contributed by atoms with van der Waals surface area (Å²) in [5, 5.41) is 0. The van der Waals surface area contributed by atoms with Gasteiger partial charge in [0, 0.05) is 6.42 Å². The van der Waals surface area contributed by atoms with Gasteiger partial charge in [-0.1, -0.05) is 286 Å². The number of allylic oxidation sites excluding steroid dienone is 9. The largest absolute Gasteiger partial charge is 0.756 e. The topological polar surface area (TPSA) is 111 Å². The minimum Gasteiger partial charge on any atom is -0.756 e. The first-order chi connectivity index (χ1) is 35.5. The molecule has 0 fully saturated rings. The highest BCUT2D eigenvalue weighted by molar-refractivity contribution is 7.45. The van der Waals surface area contributed by atoms with Crippen molar-refractivity contribution in [2.75, 3.05) is 47.5 Å². The predicted molar refractivity (Wildman–Crippen MR) is 310 cm³/mol. The van der Waals surface area contributed by atoms with Crippen LogP contribution >= 0.6 is 7.82 Å². The molecule has 10 heteroatoms. The molecule has 2 unspecified atom stereocenters. The molecule has 0 heterocycles. The van der Waals surface area contributed by atoms with Gasteiger partial charge in [-0.05, 0) is 38.5 Å². The summed E-state index contributed by atoms with van der Waals surface area (Å²) >= 11 is 0. The molecule has 0 rings (SSSR count). The summed E-state index contributed by atoms with van der Waals surface area (Å²) in [5.41, 5.74) is 0. The summed E-state index contributed by atoms with van der Waals surface area (Å²) in [6, 6.07) is 0. The zero-order valence-corrected chi connectivity index (χ0v) is 49.2. The molecule has 0 saturated carbocycles. The van der Waals surface area contributed by atoms with Gasteiger partial charge in [-0.15, -0.1) is 0 Å². The molecule has 0 aromatic heterocycles. The van der Waals surface area contributed by atoms with Crippen molar-refractivity contribution in [2.24, 2.45) is 0 Å². The van der Waals surface area contributed by atoms with Crippen LogP contribution < -0.4 is 4.89 Å². The Morgan fingerprint density at radius 3 is 1.11 bits per heavy atom. The van der Waals surface area contributed by atoms with E-state index in [1.54, 1.807) is 6.08 Å². The molecule has 0 aromatic rings. The van der Waals surface area contributed by atoms with Gasteiger partial charge in [-0.2, -0.15) is 0 Å². The number of hydrogen-bond donors (Lipinski definition) is 0. The molecule has 0 aliphatic carbocycles. The second-order valence-electron chi connectivity index (χ2n) is 21.7. The van der Waals surface area contributed by atoms with Gasteiger partial charge in [0.2, 0.25) is 0 Å². The third-order valence-corrected chi connectivity index (χ3v) is 14.3. The number of carbonyl (C=O) groups is 2. The van der Waals surface area contributed by atoms with Crippen molar-refractivity contribution in [1.82, 2.24) is 0 Å². The molecule has 426 valence electrons. The molecule has 2 atom stereocenters. The Labute approximate surface area is 451 Å². The SMILES string of the molecule is CC/C=C\C/C=C\C/C=C\C/C=C\C/C=C\CC(=O)OC(COC(=O)CCCCCCCCCCCCCCCCCCCCCCCCCCCCCCCCCCCC)COP(=O)([O-])OCC[N+](C)(C)C. The van der Waals surface area contributed by atoms with Crippen molar-refractivity contribution in [3.63, 3.8) is 0 Å². The van der Waals surface area contributed by atoms with Crippen LogP contribution in [0.4, 0.5) is 0 Å². The Kier molecular flexibility index (Phi) is 52.8. The van der Waals surface area contributed by atoms with E-state index in [-0.39, 0.29) is 26.1 Å². The number of phosphoric ester groups is 1. The quantitative estimate of drug-likeness (QED) is 0.0195. The van der Waals surface area contributed by atoms with Gasteiger partial charge < -0.3 is 27.9 Å². The van der Waals surface area contributed by atoms with Crippen LogP contribution in [0.1, 0.15) is 277 Å². The highest BCUT2D eigenvalue weighted by atomic mass is 31.2. The molecule has 0 aromatic carbocycles. The summed E-state index contributed by atoms with van der Waals surface area (Å²) in [5.74, 6) is -0.974. The van der Waals surface area contributed by atoms with E-state index in [1.807, 2.05) is 33.3 Å². The number of likely N-dealkylation sites (N-methyl/N-ethyl adjacent to an activating group) is 1. The van der Waals surface area contributed by atoms with Crippen LogP contribution in [0, 0.1) is 0 Å². The van der Waals surface area contributed by atoms with Crippen LogP contribution in [-0.2, 0) is 32.7 Å². The molecule has 0 saturated heterocycles. The normalized spacial score (nSPS) is 13.7. The highest BCUT2D eigenvalue weighted by Crippen LogP contribution is 2.38. The van der Waals surface area contributed by atoms with Crippen molar-refractivity contribution < 1.29 is 42.1 Å². The lowest BCUT2D eigenvalue weighted by atomic mass is 10.0. The zero-order valence-electron chi connectivity index (χ0n) is 48.3. The van der Waals surface area contributed by atoms with Crippen LogP contribution in [0.25, 0.3) is 0 Å². The number of ether oxygens (including phenoxy) is 2. The average molecular weight is 1050 g/mol.